The zero-order valence-corrected chi connectivity index (χ0v) is 13.7. The van der Waals surface area contributed by atoms with Crippen molar-refractivity contribution in [1.82, 2.24) is 19.8 Å². The van der Waals surface area contributed by atoms with Crippen LogP contribution in [0.3, 0.4) is 0 Å². The first-order valence-corrected chi connectivity index (χ1v) is 7.92. The van der Waals surface area contributed by atoms with E-state index in [2.05, 4.69) is 14.9 Å². The van der Waals surface area contributed by atoms with Crippen molar-refractivity contribution in [3.63, 3.8) is 0 Å². The Kier molecular flexibility index (Phi) is 5.47. The number of hydrogen-bond acceptors (Lipinski definition) is 5. The number of amides is 1. The average molecular weight is 306 g/mol. The van der Waals surface area contributed by atoms with Crippen molar-refractivity contribution in [2.45, 2.75) is 51.3 Å². The molecule has 0 aliphatic carbocycles. The molecule has 122 valence electrons. The van der Waals surface area contributed by atoms with Crippen molar-refractivity contribution < 1.29 is 9.90 Å². The molecule has 22 heavy (non-hydrogen) atoms. The van der Waals surface area contributed by atoms with Crippen LogP contribution in [0, 0.1) is 0 Å². The van der Waals surface area contributed by atoms with Gasteiger partial charge in [0, 0.05) is 31.5 Å². The number of likely N-dealkylation sites (N-methyl/N-ethyl adjacent to an activating group) is 1. The van der Waals surface area contributed by atoms with Gasteiger partial charge in [0.25, 0.3) is 5.91 Å². The van der Waals surface area contributed by atoms with Crippen molar-refractivity contribution in [2.75, 3.05) is 20.1 Å². The van der Waals surface area contributed by atoms with Crippen LogP contribution in [0.4, 0.5) is 0 Å². The highest BCUT2D eigenvalue weighted by molar-refractivity contribution is 5.84. The van der Waals surface area contributed by atoms with Gasteiger partial charge in [0.2, 0.25) is 0 Å². The molecule has 1 saturated heterocycles. The number of rotatable bonds is 6. The van der Waals surface area contributed by atoms with Crippen molar-refractivity contribution >= 4 is 5.91 Å². The van der Waals surface area contributed by atoms with Crippen LogP contribution in [0.5, 0.6) is 0 Å². The zero-order valence-electron chi connectivity index (χ0n) is 13.7. The number of carbonyl (C=O) groups is 1. The highest BCUT2D eigenvalue weighted by Crippen LogP contribution is 2.22. The van der Waals surface area contributed by atoms with E-state index in [4.69, 9.17) is 0 Å². The molecule has 2 unspecified atom stereocenters. The summed E-state index contributed by atoms with van der Waals surface area (Å²) >= 11 is 0. The van der Waals surface area contributed by atoms with E-state index in [-0.39, 0.29) is 11.9 Å². The maximum atomic E-state index is 12.4. The maximum absolute atomic E-state index is 12.4. The summed E-state index contributed by atoms with van der Waals surface area (Å²) in [7, 11) is 2.03. The summed E-state index contributed by atoms with van der Waals surface area (Å²) in [6.07, 6.45) is 5.68. The predicted octanol–water partition coefficient (Wildman–Crippen LogP) is 1.06. The lowest BCUT2D eigenvalue weighted by Gasteiger charge is -2.29. The van der Waals surface area contributed by atoms with Crippen molar-refractivity contribution in [2.24, 2.45) is 0 Å². The van der Waals surface area contributed by atoms with Gasteiger partial charge in [-0.2, -0.15) is 0 Å². The lowest BCUT2D eigenvalue weighted by molar-refractivity contribution is -0.149. The summed E-state index contributed by atoms with van der Waals surface area (Å²) < 4.78 is 0. The van der Waals surface area contributed by atoms with Gasteiger partial charge in [-0.15, -0.1) is 0 Å². The molecule has 1 N–H and O–H groups in total. The minimum absolute atomic E-state index is 0.152. The van der Waals surface area contributed by atoms with Gasteiger partial charge in [0.15, 0.2) is 0 Å². The van der Waals surface area contributed by atoms with Crippen LogP contribution in [0.25, 0.3) is 0 Å². The summed E-state index contributed by atoms with van der Waals surface area (Å²) in [5.74, 6) is 0.633. The topological polar surface area (TPSA) is 69.6 Å². The molecule has 1 fully saturated rings. The number of aliphatic hydroxyl groups is 1. The average Bonchev–Trinajstić information content (AvgIpc) is 2.97. The second kappa shape index (κ2) is 7.15. The quantitative estimate of drug-likeness (QED) is 0.851. The Hall–Kier alpha value is -1.53. The first-order valence-electron chi connectivity index (χ1n) is 7.92. The molecule has 0 saturated carbocycles. The molecule has 0 spiro atoms. The van der Waals surface area contributed by atoms with Gasteiger partial charge in [-0.1, -0.05) is 13.3 Å². The molecule has 0 bridgehead atoms. The van der Waals surface area contributed by atoms with Gasteiger partial charge in [0.1, 0.15) is 11.4 Å². The van der Waals surface area contributed by atoms with E-state index in [1.807, 2.05) is 14.0 Å². The van der Waals surface area contributed by atoms with Gasteiger partial charge in [-0.3, -0.25) is 9.69 Å². The van der Waals surface area contributed by atoms with E-state index in [0.717, 1.165) is 18.7 Å². The van der Waals surface area contributed by atoms with Crippen molar-refractivity contribution in [3.05, 3.63) is 24.3 Å². The van der Waals surface area contributed by atoms with E-state index in [9.17, 15) is 9.90 Å². The standard InChI is InChI=1S/C16H26N4O2/c1-4-7-16(2,22)15(21)20-10-6-13(11-20)19(3)12-14-17-8-5-9-18-14/h5,8-9,13,22H,4,6-7,10-12H2,1-3H3. The van der Waals surface area contributed by atoms with E-state index in [0.29, 0.717) is 26.1 Å². The minimum atomic E-state index is -1.25. The van der Waals surface area contributed by atoms with Gasteiger partial charge < -0.3 is 10.0 Å². The Labute approximate surface area is 132 Å². The Balaban J connectivity index is 1.90. The van der Waals surface area contributed by atoms with Gasteiger partial charge in [-0.05, 0) is 32.9 Å². The number of carbonyl (C=O) groups excluding carboxylic acids is 1. The van der Waals surface area contributed by atoms with Gasteiger partial charge in [0.05, 0.1) is 6.54 Å². The van der Waals surface area contributed by atoms with Crippen molar-refractivity contribution in [3.8, 4) is 0 Å². The van der Waals surface area contributed by atoms with Crippen LogP contribution in [0.1, 0.15) is 38.9 Å². The van der Waals surface area contributed by atoms with E-state index < -0.39 is 5.60 Å². The second-order valence-corrected chi connectivity index (χ2v) is 6.30. The van der Waals surface area contributed by atoms with Gasteiger partial charge >= 0.3 is 0 Å². The van der Waals surface area contributed by atoms with Crippen LogP contribution < -0.4 is 0 Å². The van der Waals surface area contributed by atoms with E-state index in [1.165, 1.54) is 0 Å². The molecule has 0 radical (unpaired) electrons. The van der Waals surface area contributed by atoms with Crippen LogP contribution in [-0.2, 0) is 11.3 Å². The summed E-state index contributed by atoms with van der Waals surface area (Å²) in [6.45, 7) is 5.61. The Bertz CT molecular complexity index is 492. The highest BCUT2D eigenvalue weighted by Gasteiger charge is 2.37. The first-order chi connectivity index (χ1) is 10.4. The molecule has 1 aromatic heterocycles. The molecular weight excluding hydrogens is 280 g/mol. The molecule has 6 heteroatoms. The fourth-order valence-electron chi connectivity index (χ4n) is 2.98. The first kappa shape index (κ1) is 16.8. The summed E-state index contributed by atoms with van der Waals surface area (Å²) in [5, 5.41) is 10.3. The SMILES string of the molecule is CCCC(C)(O)C(=O)N1CCC(N(C)Cc2ncccn2)C1. The van der Waals surface area contributed by atoms with E-state index >= 15 is 0 Å². The molecule has 2 atom stereocenters. The van der Waals surface area contributed by atoms with Crippen LogP contribution in [0.15, 0.2) is 18.5 Å². The molecule has 1 aromatic rings. The Morgan fingerprint density at radius 2 is 2.18 bits per heavy atom. The lowest BCUT2D eigenvalue weighted by Crippen LogP contribution is -2.47. The molecule has 0 aromatic carbocycles. The minimum Gasteiger partial charge on any atom is -0.380 e. The highest BCUT2D eigenvalue weighted by atomic mass is 16.3. The zero-order chi connectivity index (χ0) is 16.2. The third-order valence-electron chi connectivity index (χ3n) is 4.28. The van der Waals surface area contributed by atoms with Crippen LogP contribution in [-0.4, -0.2) is 62.6 Å². The smallest absolute Gasteiger partial charge is 0.254 e. The summed E-state index contributed by atoms with van der Waals surface area (Å²) in [5.41, 5.74) is -1.25. The molecule has 2 rings (SSSR count). The number of aromatic nitrogens is 2. The van der Waals surface area contributed by atoms with Crippen molar-refractivity contribution in [1.29, 1.82) is 0 Å². The number of hydrogen-bond donors (Lipinski definition) is 1. The molecule has 1 aliphatic heterocycles. The Morgan fingerprint density at radius 3 is 2.82 bits per heavy atom. The fraction of sp³-hybridized carbons (Fsp3) is 0.688. The third-order valence-corrected chi connectivity index (χ3v) is 4.28. The maximum Gasteiger partial charge on any atom is 0.254 e. The molecule has 6 nitrogen and oxygen atoms in total. The molecule has 1 aliphatic rings. The lowest BCUT2D eigenvalue weighted by atomic mass is 9.99. The largest absolute Gasteiger partial charge is 0.380 e. The summed E-state index contributed by atoms with van der Waals surface area (Å²) in [4.78, 5) is 24.8. The molecule has 2 heterocycles. The van der Waals surface area contributed by atoms with E-state index in [1.54, 1.807) is 30.3 Å². The monoisotopic (exact) mass is 306 g/mol. The van der Waals surface area contributed by atoms with Crippen LogP contribution >= 0.6 is 0 Å². The predicted molar refractivity (Wildman–Crippen MR) is 84.0 cm³/mol. The summed E-state index contributed by atoms with van der Waals surface area (Å²) in [6, 6.07) is 2.08. The number of likely N-dealkylation sites (tertiary alicyclic amines) is 1. The molecular formula is C16H26N4O2. The second-order valence-electron chi connectivity index (χ2n) is 6.30. The van der Waals surface area contributed by atoms with Gasteiger partial charge in [-0.25, -0.2) is 9.97 Å². The molecule has 1 amide bonds. The Morgan fingerprint density at radius 1 is 1.50 bits per heavy atom. The number of nitrogens with zero attached hydrogens (tertiary/aromatic N) is 4. The third kappa shape index (κ3) is 4.01. The van der Waals surface area contributed by atoms with Crippen LogP contribution in [0.2, 0.25) is 0 Å². The fourth-order valence-corrected chi connectivity index (χ4v) is 2.98. The normalized spacial score (nSPS) is 21.1.